The minimum Gasteiger partial charge on any atom is -0.322 e. The first kappa shape index (κ1) is 13.9. The van der Waals surface area contributed by atoms with Gasteiger partial charge in [-0.2, -0.15) is 9.65 Å². The van der Waals surface area contributed by atoms with E-state index in [1.807, 2.05) is 6.07 Å². The number of carbonyl (C=O) groups excluding carboxylic acids is 1. The first-order valence-electron chi connectivity index (χ1n) is 5.34. The summed E-state index contributed by atoms with van der Waals surface area (Å²) in [5.74, 6) is -3.52. The molecule has 100 valence electrons. The molecule has 0 saturated heterocycles. The number of anilines is 1. The summed E-state index contributed by atoms with van der Waals surface area (Å²) >= 11 is 5.80. The molecule has 0 atom stereocenters. The van der Waals surface area contributed by atoms with Crippen LogP contribution < -0.4 is 5.32 Å². The molecule has 0 fully saturated rings. The second kappa shape index (κ2) is 5.63. The molecule has 4 nitrogen and oxygen atoms in total. The first-order chi connectivity index (χ1) is 9.52. The average Bonchev–Trinajstić information content (AvgIpc) is 2.42. The molecule has 0 radical (unpaired) electrons. The van der Waals surface area contributed by atoms with Crippen molar-refractivity contribution >= 4 is 23.2 Å². The zero-order chi connectivity index (χ0) is 14.7. The highest BCUT2D eigenvalue weighted by atomic mass is 35.5. The van der Waals surface area contributed by atoms with Crippen LogP contribution in [0.15, 0.2) is 30.5 Å². The predicted molar refractivity (Wildman–Crippen MR) is 68.3 cm³/mol. The number of hydrogen-bond donors (Lipinski definition) is 1. The molecule has 0 aliphatic carbocycles. The Morgan fingerprint density at radius 1 is 1.35 bits per heavy atom. The number of hydrogen-bond acceptors (Lipinski definition) is 3. The van der Waals surface area contributed by atoms with Crippen LogP contribution in [0.3, 0.4) is 0 Å². The number of nitriles is 1. The van der Waals surface area contributed by atoms with Crippen LogP contribution in [-0.4, -0.2) is 10.9 Å². The number of carbonyl (C=O) groups is 1. The molecule has 20 heavy (non-hydrogen) atoms. The number of nitrogens with zero attached hydrogens (tertiary/aromatic N) is 2. The smallest absolute Gasteiger partial charge is 0.258 e. The lowest BCUT2D eigenvalue weighted by Gasteiger charge is -2.07. The molecular formula is C13H6ClF2N3O. The van der Waals surface area contributed by atoms with Crippen LogP contribution in [-0.2, 0) is 0 Å². The number of rotatable bonds is 2. The zero-order valence-corrected chi connectivity index (χ0v) is 10.6. The second-order valence-electron chi connectivity index (χ2n) is 3.72. The molecule has 1 amide bonds. The molecule has 0 saturated carbocycles. The van der Waals surface area contributed by atoms with Crippen molar-refractivity contribution in [1.82, 2.24) is 4.98 Å². The molecular weight excluding hydrogens is 288 g/mol. The van der Waals surface area contributed by atoms with Gasteiger partial charge >= 0.3 is 0 Å². The Morgan fingerprint density at radius 3 is 2.75 bits per heavy atom. The number of aromatic nitrogens is 1. The van der Waals surface area contributed by atoms with E-state index in [2.05, 4.69) is 10.3 Å². The van der Waals surface area contributed by atoms with Crippen LogP contribution in [0.25, 0.3) is 0 Å². The molecule has 1 aromatic heterocycles. The van der Waals surface area contributed by atoms with Gasteiger partial charge in [0.15, 0.2) is 5.82 Å². The van der Waals surface area contributed by atoms with E-state index in [9.17, 15) is 13.6 Å². The summed E-state index contributed by atoms with van der Waals surface area (Å²) in [7, 11) is 0. The Bertz CT molecular complexity index is 728. The van der Waals surface area contributed by atoms with Crippen molar-refractivity contribution in [1.29, 1.82) is 5.26 Å². The third-order valence-corrected chi connectivity index (χ3v) is 2.75. The quantitative estimate of drug-likeness (QED) is 0.865. The van der Waals surface area contributed by atoms with Crippen LogP contribution in [0.5, 0.6) is 0 Å². The minimum absolute atomic E-state index is 0.145. The number of nitrogens with one attached hydrogen (secondary N) is 1. The SMILES string of the molecule is N#Cc1ccc(NC(=O)c2ccnc(F)c2F)cc1Cl. The maximum atomic E-state index is 13.4. The second-order valence-corrected chi connectivity index (χ2v) is 4.13. The molecule has 7 heteroatoms. The van der Waals surface area contributed by atoms with Gasteiger partial charge in [0, 0.05) is 11.9 Å². The predicted octanol–water partition coefficient (Wildman–Crippen LogP) is 3.14. The largest absolute Gasteiger partial charge is 0.322 e. The van der Waals surface area contributed by atoms with Gasteiger partial charge in [-0.15, -0.1) is 0 Å². The summed E-state index contributed by atoms with van der Waals surface area (Å²) in [5.41, 5.74) is 0.0272. The Balaban J connectivity index is 2.26. The average molecular weight is 294 g/mol. The van der Waals surface area contributed by atoms with Crippen LogP contribution in [0.4, 0.5) is 14.5 Å². The van der Waals surface area contributed by atoms with Crippen molar-refractivity contribution in [2.24, 2.45) is 0 Å². The standard InChI is InChI=1S/C13H6ClF2N3O/c14-10-5-8(2-1-7(10)6-17)19-13(20)9-3-4-18-12(16)11(9)15/h1-5H,(H,19,20). The number of pyridine rings is 1. The summed E-state index contributed by atoms with van der Waals surface area (Å²) in [6, 6.07) is 7.09. The molecule has 1 aromatic carbocycles. The van der Waals surface area contributed by atoms with Gasteiger partial charge in [-0.05, 0) is 24.3 Å². The maximum Gasteiger partial charge on any atom is 0.258 e. The Morgan fingerprint density at radius 2 is 2.10 bits per heavy atom. The molecule has 1 N–H and O–H groups in total. The summed E-state index contributed by atoms with van der Waals surface area (Å²) in [5, 5.41) is 11.2. The van der Waals surface area contributed by atoms with Gasteiger partial charge in [0.2, 0.25) is 5.95 Å². The van der Waals surface area contributed by atoms with Crippen molar-refractivity contribution in [3.63, 3.8) is 0 Å². The van der Waals surface area contributed by atoms with E-state index in [0.29, 0.717) is 0 Å². The number of amides is 1. The number of benzene rings is 1. The molecule has 0 spiro atoms. The van der Waals surface area contributed by atoms with Gasteiger partial charge in [-0.25, -0.2) is 9.37 Å². The Kier molecular flexibility index (Phi) is 3.91. The molecule has 1 heterocycles. The monoisotopic (exact) mass is 293 g/mol. The van der Waals surface area contributed by atoms with Gasteiger partial charge in [0.25, 0.3) is 5.91 Å². The fraction of sp³-hybridized carbons (Fsp3) is 0. The van der Waals surface area contributed by atoms with Crippen molar-refractivity contribution in [2.75, 3.05) is 5.32 Å². The molecule has 0 aliphatic rings. The van der Waals surface area contributed by atoms with Crippen molar-refractivity contribution in [3.8, 4) is 6.07 Å². The van der Waals surface area contributed by atoms with Crippen molar-refractivity contribution in [2.45, 2.75) is 0 Å². The fourth-order valence-electron chi connectivity index (χ4n) is 1.48. The van der Waals surface area contributed by atoms with E-state index in [-0.39, 0.29) is 16.3 Å². The lowest BCUT2D eigenvalue weighted by Crippen LogP contribution is -2.15. The normalized spacial score (nSPS) is 9.90. The molecule has 2 rings (SSSR count). The molecule has 0 bridgehead atoms. The van der Waals surface area contributed by atoms with E-state index in [0.717, 1.165) is 12.3 Å². The van der Waals surface area contributed by atoms with Crippen molar-refractivity contribution in [3.05, 3.63) is 58.4 Å². The zero-order valence-electron chi connectivity index (χ0n) is 9.82. The minimum atomic E-state index is -1.35. The van der Waals surface area contributed by atoms with Crippen LogP contribution in [0.2, 0.25) is 5.02 Å². The number of halogens is 3. The van der Waals surface area contributed by atoms with Crippen LogP contribution in [0, 0.1) is 23.1 Å². The molecule has 0 aliphatic heterocycles. The van der Waals surface area contributed by atoms with E-state index in [1.54, 1.807) is 0 Å². The van der Waals surface area contributed by atoms with Crippen molar-refractivity contribution < 1.29 is 13.6 Å². The summed E-state index contributed by atoms with van der Waals surface area (Å²) in [6.07, 6.45) is 0.985. The highest BCUT2D eigenvalue weighted by molar-refractivity contribution is 6.32. The summed E-state index contributed by atoms with van der Waals surface area (Å²) < 4.78 is 26.3. The third-order valence-electron chi connectivity index (χ3n) is 2.44. The Labute approximate surface area is 117 Å². The topological polar surface area (TPSA) is 65.8 Å². The van der Waals surface area contributed by atoms with Crippen LogP contribution >= 0.6 is 11.6 Å². The van der Waals surface area contributed by atoms with Gasteiger partial charge in [-0.3, -0.25) is 4.79 Å². The van der Waals surface area contributed by atoms with Gasteiger partial charge in [0.05, 0.1) is 16.1 Å². The van der Waals surface area contributed by atoms with Crippen LogP contribution in [0.1, 0.15) is 15.9 Å². The maximum absolute atomic E-state index is 13.4. The first-order valence-corrected chi connectivity index (χ1v) is 5.71. The Hall–Kier alpha value is -2.52. The third kappa shape index (κ3) is 2.73. The highest BCUT2D eigenvalue weighted by Crippen LogP contribution is 2.21. The molecule has 2 aromatic rings. The van der Waals surface area contributed by atoms with Gasteiger partial charge < -0.3 is 5.32 Å². The van der Waals surface area contributed by atoms with E-state index in [4.69, 9.17) is 16.9 Å². The lowest BCUT2D eigenvalue weighted by atomic mass is 10.2. The lowest BCUT2D eigenvalue weighted by molar-refractivity contribution is 0.102. The summed E-state index contributed by atoms with van der Waals surface area (Å²) in [6.45, 7) is 0. The van der Waals surface area contributed by atoms with E-state index in [1.165, 1.54) is 18.2 Å². The summed E-state index contributed by atoms with van der Waals surface area (Å²) in [4.78, 5) is 14.9. The van der Waals surface area contributed by atoms with Gasteiger partial charge in [0.1, 0.15) is 6.07 Å². The highest BCUT2D eigenvalue weighted by Gasteiger charge is 2.16. The van der Waals surface area contributed by atoms with E-state index < -0.39 is 23.2 Å². The van der Waals surface area contributed by atoms with Gasteiger partial charge in [-0.1, -0.05) is 11.6 Å². The molecule has 0 unspecified atom stereocenters. The van der Waals surface area contributed by atoms with E-state index >= 15 is 0 Å². The fourth-order valence-corrected chi connectivity index (χ4v) is 1.70.